The molecule has 0 spiro atoms. The summed E-state index contributed by atoms with van der Waals surface area (Å²) >= 11 is 0. The smallest absolute Gasteiger partial charge is 0.321 e. The van der Waals surface area contributed by atoms with Gasteiger partial charge in [0.1, 0.15) is 17.5 Å². The van der Waals surface area contributed by atoms with Gasteiger partial charge < -0.3 is 37.8 Å². The Labute approximate surface area is 170 Å². The van der Waals surface area contributed by atoms with Gasteiger partial charge in [-0.3, -0.25) is 9.59 Å². The zero-order valence-electron chi connectivity index (χ0n) is 16.6. The van der Waals surface area contributed by atoms with Crippen LogP contribution in [0, 0.1) is 0 Å². The van der Waals surface area contributed by atoms with Crippen LogP contribution in [0.2, 0.25) is 0 Å². The number of phenolic OH excluding ortho intramolecular Hbond substituents is 2. The van der Waals surface area contributed by atoms with Crippen LogP contribution in [0.5, 0.6) is 11.5 Å². The van der Waals surface area contributed by atoms with Crippen LogP contribution >= 0.6 is 0 Å². The van der Waals surface area contributed by atoms with E-state index in [1.807, 2.05) is 0 Å². The molecule has 2 unspecified atom stereocenters. The summed E-state index contributed by atoms with van der Waals surface area (Å²) in [5, 5.41) is 32.4. The van der Waals surface area contributed by atoms with Gasteiger partial charge >= 0.3 is 5.97 Å². The van der Waals surface area contributed by atoms with E-state index < -0.39 is 12.0 Å². The molecule has 2 aromatic rings. The largest absolute Gasteiger partial charge is 0.508 e. The van der Waals surface area contributed by atoms with Crippen LogP contribution in [0.15, 0.2) is 48.5 Å². The van der Waals surface area contributed by atoms with Crippen LogP contribution in [-0.4, -0.2) is 53.4 Å². The number of benzene rings is 2. The normalized spacial score (nSPS) is 11.9. The summed E-state index contributed by atoms with van der Waals surface area (Å²) in [6.07, 6.45) is 0.943. The van der Waals surface area contributed by atoms with E-state index in [0.717, 1.165) is 11.1 Å². The summed E-state index contributed by atoms with van der Waals surface area (Å²) in [5.41, 5.74) is 7.01. The number of phenols is 2. The minimum atomic E-state index is -0.874. The van der Waals surface area contributed by atoms with Gasteiger partial charge in [-0.2, -0.15) is 0 Å². The van der Waals surface area contributed by atoms with Crippen molar-refractivity contribution in [1.82, 2.24) is 16.8 Å². The lowest BCUT2D eigenvalue weighted by molar-refractivity contribution is -0.139. The van der Waals surface area contributed by atoms with Crippen LogP contribution in [-0.2, 0) is 22.4 Å². The molecule has 1 amide bonds. The van der Waals surface area contributed by atoms with Gasteiger partial charge in [0.05, 0.1) is 6.04 Å². The zero-order chi connectivity index (χ0) is 21.1. The molecule has 29 heavy (non-hydrogen) atoms. The fourth-order valence-corrected chi connectivity index (χ4v) is 2.39. The maximum atomic E-state index is 10.9. The second kappa shape index (κ2) is 13.1. The molecule has 0 aromatic heterocycles. The lowest BCUT2D eigenvalue weighted by Crippen LogP contribution is -2.40. The van der Waals surface area contributed by atoms with Crippen LogP contribution in [0.3, 0.4) is 0 Å². The maximum Gasteiger partial charge on any atom is 0.321 e. The molecule has 0 saturated heterocycles. The van der Waals surface area contributed by atoms with Crippen molar-refractivity contribution in [2.24, 2.45) is 5.73 Å². The molecule has 0 saturated carbocycles. The van der Waals surface area contributed by atoms with Crippen molar-refractivity contribution in [2.75, 3.05) is 14.1 Å². The van der Waals surface area contributed by atoms with Crippen LogP contribution in [0.25, 0.3) is 0 Å². The first-order chi connectivity index (χ1) is 13.3. The van der Waals surface area contributed by atoms with Crippen LogP contribution in [0.1, 0.15) is 11.1 Å². The number of hydrogen-bond donors (Lipinski definition) is 7. The average molecular weight is 406 g/mol. The van der Waals surface area contributed by atoms with Crippen molar-refractivity contribution in [3.63, 3.8) is 0 Å². The minimum Gasteiger partial charge on any atom is -0.508 e. The molecular weight excluding hydrogens is 376 g/mol. The van der Waals surface area contributed by atoms with E-state index in [1.54, 1.807) is 62.6 Å². The van der Waals surface area contributed by atoms with Gasteiger partial charge in [-0.15, -0.1) is 0 Å². The first kappa shape index (κ1) is 25.9. The Hall–Kier alpha value is -3.14. The van der Waals surface area contributed by atoms with Gasteiger partial charge in [-0.1, -0.05) is 24.3 Å². The quantitative estimate of drug-likeness (QED) is 0.336. The van der Waals surface area contributed by atoms with E-state index in [9.17, 15) is 9.59 Å². The molecule has 2 rings (SSSR count). The van der Waals surface area contributed by atoms with Crippen LogP contribution in [0.4, 0.5) is 0 Å². The molecule has 10 N–H and O–H groups in total. The van der Waals surface area contributed by atoms with Crippen molar-refractivity contribution < 1.29 is 24.9 Å². The van der Waals surface area contributed by atoms with Gasteiger partial charge in [0.2, 0.25) is 5.91 Å². The standard InChI is InChI=1S/C10H14N2O2.C10H13NO3.H3N/c1-12-9(10(11)14)6-7-2-4-8(13)5-3-7;1-11-9(10(13)14)6-7-2-4-8(12)5-3-7;/h2-5,9,12-13H,6H2,1H3,(H2,11,14);2-5,9,11-12H,6H2,1H3,(H,13,14);1H3. The molecule has 2 atom stereocenters. The number of carboxylic acid groups (broad SMARTS) is 1. The summed E-state index contributed by atoms with van der Waals surface area (Å²) < 4.78 is 0. The van der Waals surface area contributed by atoms with E-state index in [0.29, 0.717) is 12.8 Å². The van der Waals surface area contributed by atoms with Gasteiger partial charge in [-0.25, -0.2) is 0 Å². The predicted molar refractivity (Wildman–Crippen MR) is 111 cm³/mol. The summed E-state index contributed by atoms with van der Waals surface area (Å²) in [7, 11) is 3.30. The van der Waals surface area contributed by atoms with Gasteiger partial charge in [0.25, 0.3) is 0 Å². The highest BCUT2D eigenvalue weighted by molar-refractivity contribution is 5.80. The Bertz CT molecular complexity index is 685. The number of primary amides is 1. The maximum absolute atomic E-state index is 10.9. The fourth-order valence-electron chi connectivity index (χ4n) is 2.39. The second-order valence-corrected chi connectivity index (χ2v) is 6.16. The number of amides is 1. The zero-order valence-corrected chi connectivity index (χ0v) is 16.6. The number of rotatable bonds is 8. The number of nitrogens with one attached hydrogen (secondary N) is 2. The number of hydrogen-bond acceptors (Lipinski definition) is 7. The first-order valence-electron chi connectivity index (χ1n) is 8.69. The molecular formula is C20H30N4O5. The van der Waals surface area contributed by atoms with Crippen molar-refractivity contribution in [1.29, 1.82) is 0 Å². The molecule has 0 aliphatic carbocycles. The van der Waals surface area contributed by atoms with Gasteiger partial charge in [0, 0.05) is 0 Å². The molecule has 9 heteroatoms. The third kappa shape index (κ3) is 9.56. The van der Waals surface area contributed by atoms with E-state index in [4.69, 9.17) is 21.1 Å². The number of nitrogens with two attached hydrogens (primary N) is 1. The Morgan fingerprint density at radius 1 is 0.828 bits per heavy atom. The fraction of sp³-hybridized carbons (Fsp3) is 0.300. The Morgan fingerprint density at radius 2 is 1.17 bits per heavy atom. The summed E-state index contributed by atoms with van der Waals surface area (Å²) in [4.78, 5) is 21.6. The SMILES string of the molecule is CNC(Cc1ccc(O)cc1)C(=O)O.CNC(Cc1ccc(O)cc1)C(N)=O.N. The van der Waals surface area contributed by atoms with Gasteiger partial charge in [0.15, 0.2) is 0 Å². The molecule has 0 fully saturated rings. The van der Waals surface area contributed by atoms with Crippen molar-refractivity contribution in [2.45, 2.75) is 24.9 Å². The average Bonchev–Trinajstić information content (AvgIpc) is 2.67. The van der Waals surface area contributed by atoms with E-state index in [1.165, 1.54) is 0 Å². The first-order valence-corrected chi connectivity index (χ1v) is 8.69. The highest BCUT2D eigenvalue weighted by Crippen LogP contribution is 2.12. The van der Waals surface area contributed by atoms with Crippen LogP contribution < -0.4 is 22.5 Å². The molecule has 0 bridgehead atoms. The second-order valence-electron chi connectivity index (χ2n) is 6.16. The highest BCUT2D eigenvalue weighted by Gasteiger charge is 2.15. The highest BCUT2D eigenvalue weighted by atomic mass is 16.4. The number of carbonyl (C=O) groups excluding carboxylic acids is 1. The Morgan fingerprint density at radius 3 is 1.45 bits per heavy atom. The lowest BCUT2D eigenvalue weighted by Gasteiger charge is -2.11. The number of aliphatic carboxylic acids is 1. The number of carboxylic acids is 1. The predicted octanol–water partition coefficient (Wildman–Crippen LogP) is 0.777. The molecule has 2 aromatic carbocycles. The number of carbonyl (C=O) groups is 2. The minimum absolute atomic E-state index is 0. The van der Waals surface area contributed by atoms with E-state index in [2.05, 4.69) is 10.6 Å². The lowest BCUT2D eigenvalue weighted by atomic mass is 10.1. The molecule has 9 nitrogen and oxygen atoms in total. The number of aromatic hydroxyl groups is 2. The van der Waals surface area contributed by atoms with Crippen molar-refractivity contribution >= 4 is 11.9 Å². The molecule has 0 aliphatic heterocycles. The third-order valence-electron chi connectivity index (χ3n) is 4.09. The van der Waals surface area contributed by atoms with Crippen molar-refractivity contribution in [3.8, 4) is 11.5 Å². The summed E-state index contributed by atoms with van der Waals surface area (Å²) in [5.74, 6) is -0.847. The molecule has 0 heterocycles. The van der Waals surface area contributed by atoms with E-state index >= 15 is 0 Å². The molecule has 0 radical (unpaired) electrons. The summed E-state index contributed by atoms with van der Waals surface area (Å²) in [6, 6.07) is 12.3. The number of likely N-dealkylation sites (N-methyl/N-ethyl adjacent to an activating group) is 2. The third-order valence-corrected chi connectivity index (χ3v) is 4.09. The monoisotopic (exact) mass is 406 g/mol. The Balaban J connectivity index is 0.000000523. The Kier molecular flexibility index (Phi) is 11.7. The molecule has 0 aliphatic rings. The van der Waals surface area contributed by atoms with E-state index in [-0.39, 0.29) is 29.6 Å². The molecule has 160 valence electrons. The summed E-state index contributed by atoms with van der Waals surface area (Å²) in [6.45, 7) is 0. The van der Waals surface area contributed by atoms with Crippen molar-refractivity contribution in [3.05, 3.63) is 59.7 Å². The topological polar surface area (TPSA) is 180 Å². The van der Waals surface area contributed by atoms with Gasteiger partial charge in [-0.05, 0) is 62.3 Å².